The van der Waals surface area contributed by atoms with Gasteiger partial charge in [-0.15, -0.1) is 0 Å². The van der Waals surface area contributed by atoms with Gasteiger partial charge in [0.05, 0.1) is 20.1 Å². The first-order valence-electron chi connectivity index (χ1n) is 8.57. The lowest BCUT2D eigenvalue weighted by atomic mass is 10.1. The summed E-state index contributed by atoms with van der Waals surface area (Å²) in [4.78, 5) is 0. The molecule has 1 aliphatic rings. The summed E-state index contributed by atoms with van der Waals surface area (Å²) in [6, 6.07) is 5.09. The zero-order valence-corrected chi connectivity index (χ0v) is 14.8. The lowest BCUT2D eigenvalue weighted by Crippen LogP contribution is -2.52. The molecule has 0 saturated carbocycles. The Balaban J connectivity index is 2.34. The number of nitrogens with zero attached hydrogens (tertiary/aromatic N) is 2. The summed E-state index contributed by atoms with van der Waals surface area (Å²) in [5.41, 5.74) is 0.423. The Bertz CT molecular complexity index is 568. The zero-order valence-electron chi connectivity index (χ0n) is 14.8. The summed E-state index contributed by atoms with van der Waals surface area (Å²) in [7, 11) is 3.10. The molecular formula is C18H28N2O4. The monoisotopic (exact) mass is 336 g/mol. The molecule has 134 valence electrons. The van der Waals surface area contributed by atoms with Crippen LogP contribution in [0.4, 0.5) is 0 Å². The molecule has 2 rings (SSSR count). The van der Waals surface area contributed by atoms with Gasteiger partial charge in [-0.2, -0.15) is 4.59 Å². The lowest BCUT2D eigenvalue weighted by molar-refractivity contribution is -0.942. The molecular weight excluding hydrogens is 308 g/mol. The summed E-state index contributed by atoms with van der Waals surface area (Å²) in [5, 5.41) is 27.4. The highest BCUT2D eigenvalue weighted by Crippen LogP contribution is 2.26. The Morgan fingerprint density at radius 1 is 1.25 bits per heavy atom. The summed E-state index contributed by atoms with van der Waals surface area (Å²) >= 11 is 0. The summed E-state index contributed by atoms with van der Waals surface area (Å²) in [5.74, 6) is 0.778. The molecule has 1 atom stereocenters. The van der Waals surface area contributed by atoms with Gasteiger partial charge >= 0.3 is 0 Å². The number of likely N-dealkylation sites (tertiary alicyclic amines) is 1. The number of piperidine rings is 1. The molecule has 1 saturated heterocycles. The Kier molecular flexibility index (Phi) is 6.45. The highest BCUT2D eigenvalue weighted by molar-refractivity contribution is 5.93. The number of rotatable bonds is 7. The largest absolute Gasteiger partial charge is 0.854 e. The molecule has 0 spiro atoms. The van der Waals surface area contributed by atoms with Crippen LogP contribution < -0.4 is 14.6 Å². The number of quaternary nitrogens is 1. The van der Waals surface area contributed by atoms with Crippen LogP contribution >= 0.6 is 0 Å². The van der Waals surface area contributed by atoms with Gasteiger partial charge in [0.2, 0.25) is 0 Å². The van der Waals surface area contributed by atoms with E-state index in [0.29, 0.717) is 34.6 Å². The second-order valence-electron chi connectivity index (χ2n) is 6.32. The quantitative estimate of drug-likeness (QED) is 0.465. The van der Waals surface area contributed by atoms with Crippen LogP contribution in [0.2, 0.25) is 0 Å². The van der Waals surface area contributed by atoms with Crippen molar-refractivity contribution in [1.29, 1.82) is 0 Å². The smallest absolute Gasteiger partial charge is 0.130 e. The number of ether oxygens (including phenoxy) is 2. The van der Waals surface area contributed by atoms with Crippen LogP contribution in [0, 0.1) is 0 Å². The van der Waals surface area contributed by atoms with Crippen molar-refractivity contribution in [1.82, 2.24) is 0 Å². The molecule has 0 aromatic heterocycles. The molecule has 6 nitrogen and oxygen atoms in total. The Labute approximate surface area is 143 Å². The average molecular weight is 336 g/mol. The van der Waals surface area contributed by atoms with Gasteiger partial charge in [0, 0.05) is 11.6 Å². The van der Waals surface area contributed by atoms with Crippen molar-refractivity contribution < 1.29 is 24.3 Å². The minimum atomic E-state index is -0.447. The van der Waals surface area contributed by atoms with Crippen molar-refractivity contribution in [3.63, 3.8) is 0 Å². The maximum Gasteiger partial charge on any atom is 0.130 e. The first-order chi connectivity index (χ1) is 11.5. The van der Waals surface area contributed by atoms with E-state index in [4.69, 9.17) is 9.47 Å². The molecule has 24 heavy (non-hydrogen) atoms. The van der Waals surface area contributed by atoms with E-state index in [1.807, 2.05) is 6.92 Å². The van der Waals surface area contributed by atoms with Crippen LogP contribution in [0.15, 0.2) is 23.3 Å². The van der Waals surface area contributed by atoms with E-state index in [2.05, 4.69) is 5.10 Å². The average Bonchev–Trinajstić information content (AvgIpc) is 2.61. The van der Waals surface area contributed by atoms with E-state index in [1.165, 1.54) is 7.11 Å². The number of hydrogen-bond acceptors (Lipinski definition) is 5. The molecule has 6 heteroatoms. The molecule has 1 fully saturated rings. The van der Waals surface area contributed by atoms with Gasteiger partial charge in [0.1, 0.15) is 37.2 Å². The predicted octanol–water partition coefficient (Wildman–Crippen LogP) is 1.50. The van der Waals surface area contributed by atoms with Gasteiger partial charge < -0.3 is 19.7 Å². The van der Waals surface area contributed by atoms with Crippen molar-refractivity contribution in [2.75, 3.05) is 33.9 Å². The molecule has 1 aromatic rings. The van der Waals surface area contributed by atoms with E-state index in [9.17, 15) is 10.2 Å². The Morgan fingerprint density at radius 3 is 2.54 bits per heavy atom. The third-order valence-corrected chi connectivity index (χ3v) is 4.61. The number of methoxy groups -OCH3 is 2. The van der Waals surface area contributed by atoms with Gasteiger partial charge in [0.25, 0.3) is 0 Å². The van der Waals surface area contributed by atoms with Crippen LogP contribution in [0.25, 0.3) is 0 Å². The standard InChI is InChI=1S/C18H28N2O4/c1-4-14(21)13-20(10-6-5-7-11-20)19-18(22)16-9-8-15(23-2)12-17(16)24-3/h8-9,12,14,21H,4-7,10-11,13H2,1-3H3. The third-order valence-electron chi connectivity index (χ3n) is 4.61. The predicted molar refractivity (Wildman–Crippen MR) is 91.1 cm³/mol. The normalized spacial score (nSPS) is 18.9. The van der Waals surface area contributed by atoms with E-state index >= 15 is 0 Å². The van der Waals surface area contributed by atoms with Crippen LogP contribution in [0.1, 0.15) is 38.2 Å². The molecule has 0 aliphatic carbocycles. The molecule has 1 aliphatic heterocycles. The zero-order chi connectivity index (χ0) is 17.6. The number of benzene rings is 1. The summed E-state index contributed by atoms with van der Waals surface area (Å²) < 4.78 is 10.8. The topological polar surface area (TPSA) is 74.1 Å². The first-order valence-corrected chi connectivity index (χ1v) is 8.57. The van der Waals surface area contributed by atoms with Crippen LogP contribution in [0.3, 0.4) is 0 Å². The van der Waals surface area contributed by atoms with Crippen molar-refractivity contribution in [2.45, 2.75) is 38.7 Å². The van der Waals surface area contributed by atoms with Crippen molar-refractivity contribution >= 4 is 5.90 Å². The highest BCUT2D eigenvalue weighted by atomic mass is 16.5. The first kappa shape index (κ1) is 18.5. The van der Waals surface area contributed by atoms with E-state index < -0.39 is 6.10 Å². The number of aliphatic hydroxyl groups excluding tert-OH is 1. The number of aliphatic hydroxyl groups is 1. The van der Waals surface area contributed by atoms with Crippen LogP contribution in [-0.4, -0.2) is 55.6 Å². The molecule has 0 bridgehead atoms. The maximum atomic E-state index is 12.8. The molecule has 1 unspecified atom stereocenters. The molecule has 0 amide bonds. The molecule has 1 heterocycles. The van der Waals surface area contributed by atoms with Crippen LogP contribution in [-0.2, 0) is 0 Å². The highest BCUT2D eigenvalue weighted by Gasteiger charge is 2.32. The van der Waals surface area contributed by atoms with Gasteiger partial charge in [-0.1, -0.05) is 12.0 Å². The Morgan fingerprint density at radius 2 is 1.96 bits per heavy atom. The van der Waals surface area contributed by atoms with Crippen molar-refractivity contribution in [2.24, 2.45) is 5.10 Å². The lowest BCUT2D eigenvalue weighted by Gasteiger charge is -2.38. The SMILES string of the molecule is CCC(O)C[N+]1(/N=C(\[O-])c2ccc(OC)cc2OC)CCCCC1. The number of hydrogen-bond donors (Lipinski definition) is 1. The molecule has 1 aromatic carbocycles. The second kappa shape index (κ2) is 8.35. The summed E-state index contributed by atoms with van der Waals surface area (Å²) in [6.45, 7) is 4.02. The molecule has 1 N–H and O–H groups in total. The summed E-state index contributed by atoms with van der Waals surface area (Å²) in [6.07, 6.45) is 3.41. The van der Waals surface area contributed by atoms with Crippen LogP contribution in [0.5, 0.6) is 11.5 Å². The van der Waals surface area contributed by atoms with Gasteiger partial charge in [0.15, 0.2) is 0 Å². The Hall–Kier alpha value is -1.79. The minimum absolute atomic E-state index is 0.306. The maximum absolute atomic E-state index is 12.8. The fraction of sp³-hybridized carbons (Fsp3) is 0.611. The fourth-order valence-electron chi connectivity index (χ4n) is 3.17. The van der Waals surface area contributed by atoms with E-state index in [-0.39, 0.29) is 5.90 Å². The van der Waals surface area contributed by atoms with Gasteiger partial charge in [-0.25, -0.2) is 0 Å². The van der Waals surface area contributed by atoms with E-state index in [0.717, 1.165) is 32.4 Å². The van der Waals surface area contributed by atoms with Gasteiger partial charge in [-0.3, -0.25) is 0 Å². The van der Waals surface area contributed by atoms with Gasteiger partial charge in [-0.05, 0) is 37.8 Å². The third kappa shape index (κ3) is 4.39. The van der Waals surface area contributed by atoms with Crippen molar-refractivity contribution in [3.8, 4) is 11.5 Å². The fourth-order valence-corrected chi connectivity index (χ4v) is 3.17. The molecule has 0 radical (unpaired) electrons. The van der Waals surface area contributed by atoms with E-state index in [1.54, 1.807) is 25.3 Å². The minimum Gasteiger partial charge on any atom is -0.854 e. The van der Waals surface area contributed by atoms with Crippen molar-refractivity contribution in [3.05, 3.63) is 23.8 Å². The second-order valence-corrected chi connectivity index (χ2v) is 6.32.